The Hall–Kier alpha value is -1.64. The Balaban J connectivity index is 1.71. The predicted molar refractivity (Wildman–Crippen MR) is 63.7 cm³/mol. The van der Waals surface area contributed by atoms with E-state index in [0.717, 1.165) is 6.42 Å². The number of hydrogen-bond acceptors (Lipinski definition) is 2. The van der Waals surface area contributed by atoms with Crippen LogP contribution >= 0.6 is 0 Å². The topological polar surface area (TPSA) is 37.4 Å². The van der Waals surface area contributed by atoms with Gasteiger partial charge in [-0.05, 0) is 17.5 Å². The molecule has 1 aromatic carbocycles. The fourth-order valence-electron chi connectivity index (χ4n) is 2.68. The molecule has 1 saturated heterocycles. The molecule has 3 heteroatoms. The summed E-state index contributed by atoms with van der Waals surface area (Å²) in [5.41, 5.74) is 2.47. The van der Waals surface area contributed by atoms with E-state index in [2.05, 4.69) is 6.07 Å². The lowest BCUT2D eigenvalue weighted by Gasteiger charge is -2.35. The van der Waals surface area contributed by atoms with E-state index in [1.165, 1.54) is 11.1 Å². The molecule has 0 bridgehead atoms. The third kappa shape index (κ3) is 1.75. The average Bonchev–Trinajstić information content (AvgIpc) is 2.31. The van der Waals surface area contributed by atoms with Crippen molar-refractivity contribution < 1.29 is 9.59 Å². The molecule has 0 aromatic heterocycles. The molecule has 3 nitrogen and oxygen atoms in total. The molecule has 1 aliphatic heterocycles. The molecule has 1 unspecified atom stereocenters. The Morgan fingerprint density at radius 3 is 2.59 bits per heavy atom. The third-order valence-corrected chi connectivity index (χ3v) is 3.79. The lowest BCUT2D eigenvalue weighted by atomic mass is 9.76. The Bertz CT molecular complexity index is 471. The molecule has 17 heavy (non-hydrogen) atoms. The van der Waals surface area contributed by atoms with Gasteiger partial charge in [0.1, 0.15) is 5.78 Å². The number of carbonyl (C=O) groups is 2. The van der Waals surface area contributed by atoms with E-state index in [4.69, 9.17) is 0 Å². The molecule has 1 fully saturated rings. The minimum atomic E-state index is 0.0411. The van der Waals surface area contributed by atoms with Gasteiger partial charge in [0.15, 0.2) is 0 Å². The molecular weight excluding hydrogens is 214 g/mol. The van der Waals surface area contributed by atoms with Crippen molar-refractivity contribution in [1.82, 2.24) is 4.90 Å². The molecule has 0 spiro atoms. The van der Waals surface area contributed by atoms with Crippen molar-refractivity contribution in [2.75, 3.05) is 13.1 Å². The van der Waals surface area contributed by atoms with Gasteiger partial charge < -0.3 is 4.90 Å². The van der Waals surface area contributed by atoms with Crippen LogP contribution in [0.25, 0.3) is 0 Å². The minimum Gasteiger partial charge on any atom is -0.341 e. The van der Waals surface area contributed by atoms with E-state index in [1.807, 2.05) is 23.1 Å². The number of likely N-dealkylation sites (tertiary alicyclic amines) is 1. The van der Waals surface area contributed by atoms with E-state index < -0.39 is 0 Å². The first-order valence-corrected chi connectivity index (χ1v) is 6.14. The number of amides is 1. The highest BCUT2D eigenvalue weighted by molar-refractivity contribution is 5.89. The summed E-state index contributed by atoms with van der Waals surface area (Å²) in [6.07, 6.45) is 1.92. The molecule has 0 radical (unpaired) electrons. The number of rotatable bonds is 1. The molecule has 1 aliphatic carbocycles. The fraction of sp³-hybridized carbons (Fsp3) is 0.429. The van der Waals surface area contributed by atoms with Gasteiger partial charge in [-0.15, -0.1) is 0 Å². The van der Waals surface area contributed by atoms with E-state index in [0.29, 0.717) is 25.9 Å². The Kier molecular flexibility index (Phi) is 2.46. The summed E-state index contributed by atoms with van der Waals surface area (Å²) in [5, 5.41) is 0. The maximum Gasteiger partial charge on any atom is 0.230 e. The van der Waals surface area contributed by atoms with Gasteiger partial charge in [-0.3, -0.25) is 9.59 Å². The number of nitrogens with zero attached hydrogens (tertiary/aromatic N) is 1. The molecule has 1 amide bonds. The van der Waals surface area contributed by atoms with Crippen LogP contribution in [0.5, 0.6) is 0 Å². The summed E-state index contributed by atoms with van der Waals surface area (Å²) in [7, 11) is 0. The molecular formula is C14H15NO2. The van der Waals surface area contributed by atoms with Crippen molar-refractivity contribution in [2.24, 2.45) is 0 Å². The smallest absolute Gasteiger partial charge is 0.230 e. The van der Waals surface area contributed by atoms with Gasteiger partial charge in [0, 0.05) is 25.9 Å². The average molecular weight is 229 g/mol. The highest BCUT2D eigenvalue weighted by Gasteiger charge is 2.35. The minimum absolute atomic E-state index is 0.0411. The van der Waals surface area contributed by atoms with Crippen molar-refractivity contribution in [3.05, 3.63) is 35.4 Å². The number of ketones is 1. The normalized spacial score (nSPS) is 22.9. The second kappa shape index (κ2) is 3.99. The number of benzene rings is 1. The van der Waals surface area contributed by atoms with Crippen molar-refractivity contribution in [3.8, 4) is 0 Å². The van der Waals surface area contributed by atoms with Gasteiger partial charge in [-0.25, -0.2) is 0 Å². The van der Waals surface area contributed by atoms with Gasteiger partial charge in [0.25, 0.3) is 0 Å². The lowest BCUT2D eigenvalue weighted by molar-refractivity contribution is -0.136. The summed E-state index contributed by atoms with van der Waals surface area (Å²) in [6, 6.07) is 8.12. The number of fused-ring (bicyclic) bond motifs is 1. The van der Waals surface area contributed by atoms with E-state index in [9.17, 15) is 9.59 Å². The van der Waals surface area contributed by atoms with Crippen molar-refractivity contribution in [2.45, 2.75) is 25.2 Å². The van der Waals surface area contributed by atoms with Crippen LogP contribution in [0.3, 0.4) is 0 Å². The molecule has 0 saturated carbocycles. The molecule has 0 N–H and O–H groups in total. The summed E-state index contributed by atoms with van der Waals surface area (Å²) in [6.45, 7) is 1.21. The number of carbonyl (C=O) groups excluding carboxylic acids is 2. The van der Waals surface area contributed by atoms with Crippen LogP contribution in [-0.2, 0) is 16.0 Å². The Morgan fingerprint density at radius 1 is 1.18 bits per heavy atom. The molecule has 1 atom stereocenters. The maximum absolute atomic E-state index is 12.3. The van der Waals surface area contributed by atoms with Crippen LogP contribution in [0, 0.1) is 0 Å². The van der Waals surface area contributed by atoms with Crippen molar-refractivity contribution in [1.29, 1.82) is 0 Å². The summed E-state index contributed by atoms with van der Waals surface area (Å²) in [4.78, 5) is 25.3. The van der Waals surface area contributed by atoms with Gasteiger partial charge >= 0.3 is 0 Å². The van der Waals surface area contributed by atoms with Gasteiger partial charge in [-0.1, -0.05) is 24.3 Å². The maximum atomic E-state index is 12.3. The molecule has 1 heterocycles. The second-order valence-electron chi connectivity index (χ2n) is 4.82. The monoisotopic (exact) mass is 229 g/mol. The van der Waals surface area contributed by atoms with Crippen LogP contribution in [0.1, 0.15) is 29.9 Å². The second-order valence-corrected chi connectivity index (χ2v) is 4.82. The molecule has 2 aliphatic rings. The SMILES string of the molecule is O=C1CCN(C(=O)C2Cc3ccccc32)CC1. The van der Waals surface area contributed by atoms with Crippen LogP contribution < -0.4 is 0 Å². The van der Waals surface area contributed by atoms with Crippen LogP contribution in [0.15, 0.2) is 24.3 Å². The highest BCUT2D eigenvalue weighted by Crippen LogP contribution is 2.36. The molecule has 3 rings (SSSR count). The summed E-state index contributed by atoms with van der Waals surface area (Å²) >= 11 is 0. The number of hydrogen-bond donors (Lipinski definition) is 0. The fourth-order valence-corrected chi connectivity index (χ4v) is 2.68. The van der Waals surface area contributed by atoms with Crippen LogP contribution in [-0.4, -0.2) is 29.7 Å². The van der Waals surface area contributed by atoms with Crippen LogP contribution in [0.4, 0.5) is 0 Å². The quantitative estimate of drug-likeness (QED) is 0.732. The Morgan fingerprint density at radius 2 is 1.88 bits per heavy atom. The zero-order valence-corrected chi connectivity index (χ0v) is 9.69. The zero-order valence-electron chi connectivity index (χ0n) is 9.69. The zero-order chi connectivity index (χ0) is 11.8. The standard InChI is InChI=1S/C14H15NO2/c16-11-5-7-15(8-6-11)14(17)13-9-10-3-1-2-4-12(10)13/h1-4,13H,5-9H2. The largest absolute Gasteiger partial charge is 0.341 e. The number of piperidine rings is 1. The van der Waals surface area contributed by atoms with E-state index in [1.54, 1.807) is 0 Å². The van der Waals surface area contributed by atoms with Crippen molar-refractivity contribution in [3.63, 3.8) is 0 Å². The first-order chi connectivity index (χ1) is 8.25. The van der Waals surface area contributed by atoms with Gasteiger partial charge in [0.05, 0.1) is 5.92 Å². The lowest BCUT2D eigenvalue weighted by Crippen LogP contribution is -2.43. The van der Waals surface area contributed by atoms with E-state index in [-0.39, 0.29) is 17.6 Å². The highest BCUT2D eigenvalue weighted by atomic mass is 16.2. The van der Waals surface area contributed by atoms with Gasteiger partial charge in [0.2, 0.25) is 5.91 Å². The summed E-state index contributed by atoms with van der Waals surface area (Å²) < 4.78 is 0. The molecule has 1 aromatic rings. The Labute approximate surface area is 100 Å². The molecule has 88 valence electrons. The van der Waals surface area contributed by atoms with Gasteiger partial charge in [-0.2, -0.15) is 0 Å². The first kappa shape index (κ1) is 10.5. The van der Waals surface area contributed by atoms with Crippen LogP contribution in [0.2, 0.25) is 0 Å². The van der Waals surface area contributed by atoms with Crippen molar-refractivity contribution >= 4 is 11.7 Å². The van der Waals surface area contributed by atoms with E-state index >= 15 is 0 Å². The summed E-state index contributed by atoms with van der Waals surface area (Å²) in [5.74, 6) is 0.527. The predicted octanol–water partition coefficient (Wildman–Crippen LogP) is 1.52. The number of Topliss-reactive ketones (excluding diaryl/α,β-unsaturated/α-hetero) is 1. The first-order valence-electron chi connectivity index (χ1n) is 6.14. The third-order valence-electron chi connectivity index (χ3n) is 3.79.